The lowest BCUT2D eigenvalue weighted by Gasteiger charge is -2.31. The molecule has 1 saturated heterocycles. The number of pyridine rings is 1. The summed E-state index contributed by atoms with van der Waals surface area (Å²) >= 11 is 0. The van der Waals surface area contributed by atoms with Crippen LogP contribution in [-0.4, -0.2) is 50.3 Å². The van der Waals surface area contributed by atoms with Crippen molar-refractivity contribution in [2.75, 3.05) is 29.8 Å². The second-order valence-electron chi connectivity index (χ2n) is 8.61. The van der Waals surface area contributed by atoms with Crippen LogP contribution in [0.15, 0.2) is 77.8 Å². The lowest BCUT2D eigenvalue weighted by molar-refractivity contribution is -0.121. The number of carbonyl (C=O) groups is 2. The number of rotatable bonds is 6. The molecule has 0 aliphatic carbocycles. The summed E-state index contributed by atoms with van der Waals surface area (Å²) in [6.45, 7) is 2.76. The van der Waals surface area contributed by atoms with Gasteiger partial charge in [0, 0.05) is 37.8 Å². The van der Waals surface area contributed by atoms with E-state index in [9.17, 15) is 18.0 Å². The SMILES string of the molecule is Cc1ccnc(NC(=O)C2CCN(C(=O)c3cccc(S(=O)(=O)N(C)c4ccccc4)c3)CC2)c1. The summed E-state index contributed by atoms with van der Waals surface area (Å²) in [6.07, 6.45) is 2.70. The standard InChI is InChI=1S/C26H28N4O4S/c1-19-11-14-27-24(17-19)28-25(31)20-12-15-30(16-13-20)26(32)21-7-6-10-23(18-21)35(33,34)29(2)22-8-4-3-5-9-22/h3-11,14,17-18,20H,12-13,15-16H2,1-2H3,(H,27,28,31). The Hall–Kier alpha value is -3.72. The minimum atomic E-state index is -3.83. The van der Waals surface area contributed by atoms with Gasteiger partial charge in [0.05, 0.1) is 10.6 Å². The van der Waals surface area contributed by atoms with E-state index >= 15 is 0 Å². The summed E-state index contributed by atoms with van der Waals surface area (Å²) in [7, 11) is -2.34. The van der Waals surface area contributed by atoms with Crippen LogP contribution in [0.4, 0.5) is 11.5 Å². The Balaban J connectivity index is 1.41. The van der Waals surface area contributed by atoms with Crippen molar-refractivity contribution in [2.24, 2.45) is 5.92 Å². The van der Waals surface area contributed by atoms with Gasteiger partial charge in [-0.3, -0.25) is 13.9 Å². The zero-order valence-electron chi connectivity index (χ0n) is 19.7. The molecule has 182 valence electrons. The highest BCUT2D eigenvalue weighted by atomic mass is 32.2. The van der Waals surface area contributed by atoms with Crippen molar-refractivity contribution >= 4 is 33.3 Å². The Bertz CT molecular complexity index is 1320. The molecule has 3 aromatic rings. The van der Waals surface area contributed by atoms with E-state index in [2.05, 4.69) is 10.3 Å². The number of anilines is 2. The Morgan fingerprint density at radius 2 is 1.71 bits per heavy atom. The molecule has 1 N–H and O–H groups in total. The number of hydrogen-bond donors (Lipinski definition) is 1. The van der Waals surface area contributed by atoms with Crippen LogP contribution in [0.1, 0.15) is 28.8 Å². The number of sulfonamides is 1. The molecule has 2 heterocycles. The fourth-order valence-corrected chi connectivity index (χ4v) is 5.33. The van der Waals surface area contributed by atoms with Gasteiger partial charge in [-0.05, 0) is 67.8 Å². The van der Waals surface area contributed by atoms with E-state index in [4.69, 9.17) is 0 Å². The molecule has 1 aliphatic heterocycles. The second-order valence-corrected chi connectivity index (χ2v) is 10.6. The molecule has 0 saturated carbocycles. The van der Waals surface area contributed by atoms with Crippen molar-refractivity contribution < 1.29 is 18.0 Å². The van der Waals surface area contributed by atoms with Crippen LogP contribution in [0.25, 0.3) is 0 Å². The largest absolute Gasteiger partial charge is 0.339 e. The third kappa shape index (κ3) is 5.51. The first-order valence-corrected chi connectivity index (χ1v) is 12.9. The van der Waals surface area contributed by atoms with E-state index in [1.54, 1.807) is 47.5 Å². The summed E-state index contributed by atoms with van der Waals surface area (Å²) in [5.41, 5.74) is 1.85. The zero-order chi connectivity index (χ0) is 25.0. The number of para-hydroxylation sites is 1. The van der Waals surface area contributed by atoms with Crippen molar-refractivity contribution in [1.82, 2.24) is 9.88 Å². The molecule has 0 spiro atoms. The van der Waals surface area contributed by atoms with Crippen molar-refractivity contribution in [1.29, 1.82) is 0 Å². The highest BCUT2D eigenvalue weighted by Gasteiger charge is 2.29. The van der Waals surface area contributed by atoms with Gasteiger partial charge in [0.1, 0.15) is 5.82 Å². The lowest BCUT2D eigenvalue weighted by atomic mass is 9.95. The van der Waals surface area contributed by atoms with Gasteiger partial charge in [-0.25, -0.2) is 13.4 Å². The fraction of sp³-hybridized carbons (Fsp3) is 0.269. The molecule has 9 heteroatoms. The number of likely N-dealkylation sites (tertiary alicyclic amines) is 1. The summed E-state index contributed by atoms with van der Waals surface area (Å²) in [5.74, 6) is -0.0459. The van der Waals surface area contributed by atoms with Crippen LogP contribution in [0, 0.1) is 12.8 Å². The molecule has 1 fully saturated rings. The van der Waals surface area contributed by atoms with Crippen molar-refractivity contribution in [3.05, 3.63) is 84.1 Å². The molecule has 2 amide bonds. The molecular formula is C26H28N4O4S. The Morgan fingerprint density at radius 3 is 2.40 bits per heavy atom. The van der Waals surface area contributed by atoms with Gasteiger partial charge in [-0.2, -0.15) is 0 Å². The topological polar surface area (TPSA) is 99.7 Å². The van der Waals surface area contributed by atoms with Gasteiger partial charge in [-0.1, -0.05) is 24.3 Å². The average molecular weight is 493 g/mol. The lowest BCUT2D eigenvalue weighted by Crippen LogP contribution is -2.41. The smallest absolute Gasteiger partial charge is 0.264 e. The molecule has 0 unspecified atom stereocenters. The molecule has 0 bridgehead atoms. The Kier molecular flexibility index (Phi) is 7.16. The predicted octanol–water partition coefficient (Wildman–Crippen LogP) is 3.71. The number of benzene rings is 2. The van der Waals surface area contributed by atoms with Crippen LogP contribution in [0.5, 0.6) is 0 Å². The number of aromatic nitrogens is 1. The van der Waals surface area contributed by atoms with Gasteiger partial charge >= 0.3 is 0 Å². The van der Waals surface area contributed by atoms with E-state index < -0.39 is 10.0 Å². The van der Waals surface area contributed by atoms with Gasteiger partial charge in [0.2, 0.25) is 5.91 Å². The van der Waals surface area contributed by atoms with Crippen LogP contribution >= 0.6 is 0 Å². The molecule has 1 aliphatic rings. The number of nitrogens with zero attached hydrogens (tertiary/aromatic N) is 3. The Labute approximate surface area is 205 Å². The first-order chi connectivity index (χ1) is 16.8. The highest BCUT2D eigenvalue weighted by Crippen LogP contribution is 2.24. The highest BCUT2D eigenvalue weighted by molar-refractivity contribution is 7.92. The molecule has 35 heavy (non-hydrogen) atoms. The second kappa shape index (κ2) is 10.3. The van der Waals surface area contributed by atoms with Gasteiger partial charge in [0.25, 0.3) is 15.9 Å². The van der Waals surface area contributed by atoms with Crippen LogP contribution in [0.3, 0.4) is 0 Å². The predicted molar refractivity (Wildman–Crippen MR) is 135 cm³/mol. The van der Waals surface area contributed by atoms with E-state index in [0.29, 0.717) is 43.0 Å². The maximum atomic E-state index is 13.1. The van der Waals surface area contributed by atoms with E-state index in [1.807, 2.05) is 25.1 Å². The van der Waals surface area contributed by atoms with E-state index in [0.717, 1.165) is 5.56 Å². The summed E-state index contributed by atoms with van der Waals surface area (Å²) in [6, 6.07) is 18.5. The number of carbonyl (C=O) groups excluding carboxylic acids is 2. The summed E-state index contributed by atoms with van der Waals surface area (Å²) in [4.78, 5) is 31.7. The molecule has 4 rings (SSSR count). The molecule has 2 aromatic carbocycles. The average Bonchev–Trinajstić information content (AvgIpc) is 2.88. The maximum absolute atomic E-state index is 13.1. The van der Waals surface area contributed by atoms with Crippen molar-refractivity contribution in [3.63, 3.8) is 0 Å². The summed E-state index contributed by atoms with van der Waals surface area (Å²) in [5, 5.41) is 2.85. The van der Waals surface area contributed by atoms with Gasteiger partial charge < -0.3 is 10.2 Å². The molecule has 0 atom stereocenters. The third-order valence-electron chi connectivity index (χ3n) is 6.18. The minimum Gasteiger partial charge on any atom is -0.339 e. The number of piperidine rings is 1. The Morgan fingerprint density at radius 1 is 1.00 bits per heavy atom. The maximum Gasteiger partial charge on any atom is 0.264 e. The van der Waals surface area contributed by atoms with Crippen LogP contribution in [-0.2, 0) is 14.8 Å². The number of aryl methyl sites for hydroxylation is 1. The van der Waals surface area contributed by atoms with Crippen LogP contribution < -0.4 is 9.62 Å². The van der Waals surface area contributed by atoms with Gasteiger partial charge in [-0.15, -0.1) is 0 Å². The number of hydrogen-bond acceptors (Lipinski definition) is 5. The zero-order valence-corrected chi connectivity index (χ0v) is 20.5. The van der Waals surface area contributed by atoms with E-state index in [-0.39, 0.29) is 22.6 Å². The first kappa shape index (κ1) is 24.4. The summed E-state index contributed by atoms with van der Waals surface area (Å²) < 4.78 is 27.4. The molecule has 8 nitrogen and oxygen atoms in total. The number of nitrogens with one attached hydrogen (secondary N) is 1. The van der Waals surface area contributed by atoms with Gasteiger partial charge in [0.15, 0.2) is 0 Å². The molecule has 0 radical (unpaired) electrons. The monoisotopic (exact) mass is 492 g/mol. The first-order valence-electron chi connectivity index (χ1n) is 11.4. The quantitative estimate of drug-likeness (QED) is 0.566. The normalized spacial score (nSPS) is 14.4. The fourth-order valence-electron chi connectivity index (χ4n) is 4.08. The van der Waals surface area contributed by atoms with Crippen molar-refractivity contribution in [2.45, 2.75) is 24.7 Å². The van der Waals surface area contributed by atoms with Crippen molar-refractivity contribution in [3.8, 4) is 0 Å². The number of amides is 2. The minimum absolute atomic E-state index is 0.0506. The van der Waals surface area contributed by atoms with Crippen LogP contribution in [0.2, 0.25) is 0 Å². The van der Waals surface area contributed by atoms with E-state index in [1.165, 1.54) is 23.5 Å². The molecule has 1 aromatic heterocycles. The third-order valence-corrected chi connectivity index (χ3v) is 7.96. The molecular weight excluding hydrogens is 464 g/mol.